The van der Waals surface area contributed by atoms with Crippen LogP contribution in [0.3, 0.4) is 0 Å². The zero-order valence-electron chi connectivity index (χ0n) is 15.4. The van der Waals surface area contributed by atoms with Crippen LogP contribution in [0.15, 0.2) is 88.1 Å². The van der Waals surface area contributed by atoms with E-state index in [1.54, 1.807) is 4.57 Å². The molecule has 0 atom stereocenters. The van der Waals surface area contributed by atoms with Gasteiger partial charge in [-0.05, 0) is 34.7 Å². The summed E-state index contributed by atoms with van der Waals surface area (Å²) in [5, 5.41) is 1.38. The fourth-order valence-electron chi connectivity index (χ4n) is 3.60. The second kappa shape index (κ2) is 7.56. The molecule has 0 N–H and O–H groups in total. The van der Waals surface area contributed by atoms with E-state index in [2.05, 4.69) is 15.9 Å². The van der Waals surface area contributed by atoms with Crippen molar-refractivity contribution in [1.29, 1.82) is 0 Å². The van der Waals surface area contributed by atoms with Crippen LogP contribution in [-0.4, -0.2) is 10.4 Å². The molecule has 28 heavy (non-hydrogen) atoms. The lowest BCUT2D eigenvalue weighted by Gasteiger charge is -2.19. The molecule has 0 saturated heterocycles. The van der Waals surface area contributed by atoms with Gasteiger partial charge in [-0.2, -0.15) is 0 Å². The standard InChI is InChI=1S/C24H18BrNO2/c1-16(27)23-22(18-10-6-3-7-11-18)21-14-19(25)12-13-20(21)24(28)26(23)15-17-8-4-2-5-9-17/h2-14H,15H2,1H3. The SMILES string of the molecule is CC(=O)c1c(-c2ccccc2)c2cc(Br)ccc2c(=O)n1Cc1ccccc1. The van der Waals surface area contributed by atoms with Crippen LogP contribution in [0.2, 0.25) is 0 Å². The van der Waals surface area contributed by atoms with Gasteiger partial charge in [0, 0.05) is 22.3 Å². The van der Waals surface area contributed by atoms with Crippen LogP contribution in [0, 0.1) is 0 Å². The van der Waals surface area contributed by atoms with Gasteiger partial charge in [0.05, 0.1) is 12.2 Å². The number of ketones is 1. The van der Waals surface area contributed by atoms with Crippen molar-refractivity contribution >= 4 is 32.5 Å². The Kier molecular flexibility index (Phi) is 4.97. The van der Waals surface area contributed by atoms with Gasteiger partial charge in [0.1, 0.15) is 0 Å². The quantitative estimate of drug-likeness (QED) is 0.389. The van der Waals surface area contributed by atoms with Crippen LogP contribution in [0.4, 0.5) is 0 Å². The van der Waals surface area contributed by atoms with Crippen molar-refractivity contribution in [3.8, 4) is 11.1 Å². The van der Waals surface area contributed by atoms with Gasteiger partial charge >= 0.3 is 0 Å². The lowest BCUT2D eigenvalue weighted by molar-refractivity contribution is 0.100. The van der Waals surface area contributed by atoms with E-state index < -0.39 is 0 Å². The summed E-state index contributed by atoms with van der Waals surface area (Å²) in [6, 6.07) is 25.1. The fraction of sp³-hybridized carbons (Fsp3) is 0.0833. The lowest BCUT2D eigenvalue weighted by atomic mass is 9.95. The number of carbonyl (C=O) groups is 1. The summed E-state index contributed by atoms with van der Waals surface area (Å²) in [4.78, 5) is 26.1. The highest BCUT2D eigenvalue weighted by Crippen LogP contribution is 2.33. The molecular formula is C24H18BrNO2. The van der Waals surface area contributed by atoms with Gasteiger partial charge in [0.15, 0.2) is 5.78 Å². The number of carbonyl (C=O) groups excluding carboxylic acids is 1. The molecule has 4 aromatic rings. The average Bonchev–Trinajstić information content (AvgIpc) is 2.71. The number of hydrogen-bond acceptors (Lipinski definition) is 2. The van der Waals surface area contributed by atoms with Crippen molar-refractivity contribution in [2.24, 2.45) is 0 Å². The Balaban J connectivity index is 2.13. The van der Waals surface area contributed by atoms with Crippen molar-refractivity contribution in [1.82, 2.24) is 4.57 Å². The Morgan fingerprint density at radius 1 is 0.893 bits per heavy atom. The molecule has 0 aliphatic rings. The highest BCUT2D eigenvalue weighted by molar-refractivity contribution is 9.10. The molecular weight excluding hydrogens is 414 g/mol. The summed E-state index contributed by atoms with van der Waals surface area (Å²) >= 11 is 3.50. The molecule has 0 radical (unpaired) electrons. The largest absolute Gasteiger partial charge is 0.300 e. The zero-order valence-corrected chi connectivity index (χ0v) is 16.9. The van der Waals surface area contributed by atoms with E-state index in [0.29, 0.717) is 17.6 Å². The van der Waals surface area contributed by atoms with E-state index in [1.807, 2.05) is 78.9 Å². The van der Waals surface area contributed by atoms with Gasteiger partial charge in [-0.25, -0.2) is 0 Å². The number of rotatable bonds is 4. The van der Waals surface area contributed by atoms with Crippen LogP contribution < -0.4 is 5.56 Å². The molecule has 4 rings (SSSR count). The zero-order chi connectivity index (χ0) is 19.7. The maximum absolute atomic E-state index is 13.3. The van der Waals surface area contributed by atoms with Crippen molar-refractivity contribution < 1.29 is 4.79 Å². The highest BCUT2D eigenvalue weighted by atomic mass is 79.9. The van der Waals surface area contributed by atoms with Crippen LogP contribution in [0.1, 0.15) is 23.0 Å². The van der Waals surface area contributed by atoms with Gasteiger partial charge in [-0.15, -0.1) is 0 Å². The molecule has 0 aliphatic carbocycles. The normalized spacial score (nSPS) is 10.9. The first-order chi connectivity index (χ1) is 13.6. The van der Waals surface area contributed by atoms with Gasteiger partial charge < -0.3 is 0 Å². The van der Waals surface area contributed by atoms with Crippen LogP contribution >= 0.6 is 15.9 Å². The number of aromatic nitrogens is 1. The maximum Gasteiger partial charge on any atom is 0.259 e. The lowest BCUT2D eigenvalue weighted by Crippen LogP contribution is -2.27. The fourth-order valence-corrected chi connectivity index (χ4v) is 3.96. The first kappa shape index (κ1) is 18.4. The molecule has 0 amide bonds. The van der Waals surface area contributed by atoms with Gasteiger partial charge in [0.25, 0.3) is 5.56 Å². The topological polar surface area (TPSA) is 39.1 Å². The predicted octanol–water partition coefficient (Wildman–Crippen LogP) is 5.68. The molecule has 1 heterocycles. The summed E-state index contributed by atoms with van der Waals surface area (Å²) in [7, 11) is 0. The van der Waals surface area contributed by atoms with E-state index in [4.69, 9.17) is 0 Å². The third-order valence-electron chi connectivity index (χ3n) is 4.81. The number of nitrogens with zero attached hydrogens (tertiary/aromatic N) is 1. The summed E-state index contributed by atoms with van der Waals surface area (Å²) in [5.74, 6) is -0.131. The smallest absolute Gasteiger partial charge is 0.259 e. The highest BCUT2D eigenvalue weighted by Gasteiger charge is 2.21. The molecule has 0 bridgehead atoms. The third kappa shape index (κ3) is 3.32. The van der Waals surface area contributed by atoms with Crippen LogP contribution in [-0.2, 0) is 6.54 Å². The number of pyridine rings is 1. The van der Waals surface area contributed by atoms with E-state index >= 15 is 0 Å². The van der Waals surface area contributed by atoms with E-state index in [-0.39, 0.29) is 11.3 Å². The molecule has 0 aliphatic heterocycles. The van der Waals surface area contributed by atoms with Gasteiger partial charge in [-0.1, -0.05) is 76.6 Å². The summed E-state index contributed by atoms with van der Waals surface area (Å²) in [6.07, 6.45) is 0. The molecule has 0 unspecified atom stereocenters. The number of halogens is 1. The van der Waals surface area contributed by atoms with Gasteiger partial charge in [0.2, 0.25) is 0 Å². The Labute approximate surface area is 171 Å². The van der Waals surface area contributed by atoms with E-state index in [1.165, 1.54) is 6.92 Å². The van der Waals surface area contributed by atoms with Crippen molar-refractivity contribution in [2.45, 2.75) is 13.5 Å². The minimum atomic E-state index is -0.156. The Hall–Kier alpha value is -2.98. The first-order valence-electron chi connectivity index (χ1n) is 9.02. The van der Waals surface area contributed by atoms with Crippen molar-refractivity contribution in [2.75, 3.05) is 0 Å². The third-order valence-corrected chi connectivity index (χ3v) is 5.31. The number of benzene rings is 3. The Morgan fingerprint density at radius 2 is 1.54 bits per heavy atom. The average molecular weight is 432 g/mol. The molecule has 3 aromatic carbocycles. The second-order valence-corrected chi connectivity index (χ2v) is 7.63. The Bertz CT molecular complexity index is 1230. The van der Waals surface area contributed by atoms with Gasteiger partial charge in [-0.3, -0.25) is 14.2 Å². The van der Waals surface area contributed by atoms with Crippen molar-refractivity contribution in [3.05, 3.63) is 105 Å². The molecule has 3 nitrogen and oxygen atoms in total. The molecule has 0 saturated carbocycles. The monoisotopic (exact) mass is 431 g/mol. The summed E-state index contributed by atoms with van der Waals surface area (Å²) in [5.41, 5.74) is 2.96. The van der Waals surface area contributed by atoms with Crippen LogP contribution in [0.5, 0.6) is 0 Å². The molecule has 4 heteroatoms. The number of fused-ring (bicyclic) bond motifs is 1. The number of Topliss-reactive ketones (excluding diaryl/α,β-unsaturated/α-hetero) is 1. The molecule has 138 valence electrons. The predicted molar refractivity (Wildman–Crippen MR) is 117 cm³/mol. The Morgan fingerprint density at radius 3 is 2.18 bits per heavy atom. The summed E-state index contributed by atoms with van der Waals surface area (Å²) in [6.45, 7) is 1.87. The van der Waals surface area contributed by atoms with Crippen molar-refractivity contribution in [3.63, 3.8) is 0 Å². The first-order valence-corrected chi connectivity index (χ1v) is 9.82. The number of hydrogen-bond donors (Lipinski definition) is 0. The minimum absolute atomic E-state index is 0.131. The molecule has 0 fully saturated rings. The molecule has 1 aromatic heterocycles. The second-order valence-electron chi connectivity index (χ2n) is 6.71. The van der Waals surface area contributed by atoms with E-state index in [9.17, 15) is 9.59 Å². The molecule has 0 spiro atoms. The van der Waals surface area contributed by atoms with E-state index in [0.717, 1.165) is 26.5 Å². The summed E-state index contributed by atoms with van der Waals surface area (Å²) < 4.78 is 2.47. The van der Waals surface area contributed by atoms with Crippen LogP contribution in [0.25, 0.3) is 21.9 Å². The maximum atomic E-state index is 13.3. The minimum Gasteiger partial charge on any atom is -0.300 e.